The van der Waals surface area contributed by atoms with Crippen molar-refractivity contribution in [1.29, 1.82) is 0 Å². The Kier molecular flexibility index (Phi) is 5.99. The first-order chi connectivity index (χ1) is 10.2. The van der Waals surface area contributed by atoms with Crippen molar-refractivity contribution in [3.8, 4) is 0 Å². The third kappa shape index (κ3) is 4.70. The van der Waals surface area contributed by atoms with E-state index >= 15 is 0 Å². The number of likely N-dealkylation sites (tertiary alicyclic amines) is 1. The number of anilines is 1. The van der Waals surface area contributed by atoms with E-state index in [1.807, 2.05) is 12.1 Å². The molecule has 1 unspecified atom stereocenters. The number of hydrogen-bond acceptors (Lipinski definition) is 4. The lowest BCUT2D eigenvalue weighted by Gasteiger charge is -2.33. The van der Waals surface area contributed by atoms with Crippen LogP contribution in [-0.2, 0) is 0 Å². The van der Waals surface area contributed by atoms with Gasteiger partial charge in [-0.2, -0.15) is 0 Å². The molecule has 1 aliphatic heterocycles. The van der Waals surface area contributed by atoms with E-state index in [4.69, 9.17) is 0 Å². The van der Waals surface area contributed by atoms with Gasteiger partial charge >= 0.3 is 0 Å². The Hall–Kier alpha value is -1.62. The number of pyridine rings is 1. The summed E-state index contributed by atoms with van der Waals surface area (Å²) in [7, 11) is 1.80. The van der Waals surface area contributed by atoms with E-state index in [2.05, 4.69) is 27.4 Å². The third-order valence-corrected chi connectivity index (χ3v) is 4.09. The number of nitrogens with zero attached hydrogens (tertiary/aromatic N) is 2. The first-order valence-corrected chi connectivity index (χ1v) is 7.88. The number of carbonyl (C=O) groups is 1. The van der Waals surface area contributed by atoms with Crippen molar-refractivity contribution in [2.45, 2.75) is 38.6 Å². The monoisotopic (exact) mass is 290 g/mol. The van der Waals surface area contributed by atoms with Crippen molar-refractivity contribution in [1.82, 2.24) is 15.2 Å². The second kappa shape index (κ2) is 7.98. The summed E-state index contributed by atoms with van der Waals surface area (Å²) < 4.78 is 0. The number of carbonyl (C=O) groups excluding carboxylic acids is 1. The minimum absolute atomic E-state index is 0.0983. The summed E-state index contributed by atoms with van der Waals surface area (Å²) in [6, 6.07) is 6.10. The number of nitrogens with one attached hydrogen (secondary N) is 2. The first kappa shape index (κ1) is 15.8. The van der Waals surface area contributed by atoms with Gasteiger partial charge in [0.25, 0.3) is 5.91 Å². The summed E-state index contributed by atoms with van der Waals surface area (Å²) in [5.41, 5.74) is 0.466. The molecule has 1 aromatic rings. The Balaban J connectivity index is 1.71. The number of rotatable bonds is 6. The van der Waals surface area contributed by atoms with Crippen LogP contribution in [0.2, 0.25) is 0 Å². The smallest absolute Gasteiger partial charge is 0.269 e. The molecule has 2 heterocycles. The van der Waals surface area contributed by atoms with Crippen molar-refractivity contribution in [3.05, 3.63) is 23.9 Å². The summed E-state index contributed by atoms with van der Waals surface area (Å²) >= 11 is 0. The van der Waals surface area contributed by atoms with Gasteiger partial charge in [0.05, 0.1) is 0 Å². The lowest BCUT2D eigenvalue weighted by molar-refractivity contribution is 0.0944. The van der Waals surface area contributed by atoms with Crippen LogP contribution < -0.4 is 10.6 Å². The van der Waals surface area contributed by atoms with Gasteiger partial charge in [-0.25, -0.2) is 4.98 Å². The SMILES string of the molecule is CNc1cccc(C(=O)NCCCN2CCCCC2C)n1. The summed E-state index contributed by atoms with van der Waals surface area (Å²) in [4.78, 5) is 18.8. The van der Waals surface area contributed by atoms with Gasteiger partial charge in [-0.3, -0.25) is 4.79 Å². The van der Waals surface area contributed by atoms with Crippen LogP contribution >= 0.6 is 0 Å². The maximum atomic E-state index is 12.0. The predicted octanol–water partition coefficient (Wildman–Crippen LogP) is 2.12. The van der Waals surface area contributed by atoms with E-state index in [1.165, 1.54) is 25.8 Å². The van der Waals surface area contributed by atoms with Gasteiger partial charge < -0.3 is 15.5 Å². The molecule has 5 nitrogen and oxygen atoms in total. The van der Waals surface area contributed by atoms with Crippen molar-refractivity contribution in [2.24, 2.45) is 0 Å². The van der Waals surface area contributed by atoms with Gasteiger partial charge in [0.1, 0.15) is 11.5 Å². The van der Waals surface area contributed by atoms with Crippen LogP contribution in [0.15, 0.2) is 18.2 Å². The molecule has 2 rings (SSSR count). The summed E-state index contributed by atoms with van der Waals surface area (Å²) in [5.74, 6) is 0.614. The molecule has 1 aromatic heterocycles. The molecule has 116 valence electrons. The van der Waals surface area contributed by atoms with E-state index in [0.29, 0.717) is 24.1 Å². The zero-order valence-electron chi connectivity index (χ0n) is 13.1. The quantitative estimate of drug-likeness (QED) is 0.788. The van der Waals surface area contributed by atoms with Crippen molar-refractivity contribution >= 4 is 11.7 Å². The van der Waals surface area contributed by atoms with Crippen LogP contribution in [0.1, 0.15) is 43.1 Å². The normalized spacial score (nSPS) is 19.2. The molecule has 2 N–H and O–H groups in total. The fourth-order valence-electron chi connectivity index (χ4n) is 2.76. The predicted molar refractivity (Wildman–Crippen MR) is 85.6 cm³/mol. The zero-order valence-corrected chi connectivity index (χ0v) is 13.1. The highest BCUT2D eigenvalue weighted by Crippen LogP contribution is 2.16. The molecule has 0 saturated carbocycles. The molecule has 0 aliphatic carbocycles. The number of hydrogen-bond donors (Lipinski definition) is 2. The lowest BCUT2D eigenvalue weighted by atomic mass is 10.0. The first-order valence-electron chi connectivity index (χ1n) is 7.88. The Labute approximate surface area is 127 Å². The lowest BCUT2D eigenvalue weighted by Crippen LogP contribution is -2.39. The maximum Gasteiger partial charge on any atom is 0.269 e. The summed E-state index contributed by atoms with van der Waals surface area (Å²) in [6.45, 7) is 5.25. The Bertz CT molecular complexity index is 463. The van der Waals surface area contributed by atoms with Crippen LogP contribution in [0.5, 0.6) is 0 Å². The van der Waals surface area contributed by atoms with Crippen LogP contribution in [0, 0.1) is 0 Å². The molecular weight excluding hydrogens is 264 g/mol. The highest BCUT2D eigenvalue weighted by molar-refractivity contribution is 5.92. The van der Waals surface area contributed by atoms with Crippen molar-refractivity contribution in [3.63, 3.8) is 0 Å². The van der Waals surface area contributed by atoms with Gasteiger partial charge in [0.2, 0.25) is 0 Å². The minimum atomic E-state index is -0.0983. The van der Waals surface area contributed by atoms with Crippen LogP contribution in [-0.4, -0.2) is 48.5 Å². The number of amides is 1. The molecule has 1 amide bonds. The highest BCUT2D eigenvalue weighted by Gasteiger charge is 2.17. The van der Waals surface area contributed by atoms with Gasteiger partial charge in [-0.1, -0.05) is 12.5 Å². The molecule has 1 atom stereocenters. The maximum absolute atomic E-state index is 12.0. The molecule has 1 saturated heterocycles. The van der Waals surface area contributed by atoms with Crippen LogP contribution in [0.4, 0.5) is 5.82 Å². The molecule has 21 heavy (non-hydrogen) atoms. The van der Waals surface area contributed by atoms with E-state index in [9.17, 15) is 4.79 Å². The van der Waals surface area contributed by atoms with E-state index < -0.39 is 0 Å². The fourth-order valence-corrected chi connectivity index (χ4v) is 2.76. The second-order valence-corrected chi connectivity index (χ2v) is 5.65. The molecule has 5 heteroatoms. The van der Waals surface area contributed by atoms with Crippen molar-refractivity contribution in [2.75, 3.05) is 32.0 Å². The molecule has 0 aromatic carbocycles. The van der Waals surface area contributed by atoms with Crippen LogP contribution in [0.3, 0.4) is 0 Å². The number of piperidine rings is 1. The summed E-state index contributed by atoms with van der Waals surface area (Å²) in [5, 5.41) is 5.89. The van der Waals surface area contributed by atoms with Crippen molar-refractivity contribution < 1.29 is 4.79 Å². The van der Waals surface area contributed by atoms with Gasteiger partial charge in [-0.15, -0.1) is 0 Å². The average Bonchev–Trinajstić information content (AvgIpc) is 2.53. The molecule has 1 aliphatic rings. The Morgan fingerprint density at radius 3 is 3.05 bits per heavy atom. The third-order valence-electron chi connectivity index (χ3n) is 4.09. The van der Waals surface area contributed by atoms with Gasteiger partial charge in [0, 0.05) is 26.2 Å². The van der Waals surface area contributed by atoms with E-state index in [1.54, 1.807) is 13.1 Å². The van der Waals surface area contributed by atoms with E-state index in [-0.39, 0.29) is 5.91 Å². The largest absolute Gasteiger partial charge is 0.373 e. The Morgan fingerprint density at radius 1 is 1.43 bits per heavy atom. The van der Waals surface area contributed by atoms with Gasteiger partial charge in [-0.05, 0) is 44.9 Å². The zero-order chi connectivity index (χ0) is 15.1. The molecule has 1 fully saturated rings. The topological polar surface area (TPSA) is 57.3 Å². The van der Waals surface area contributed by atoms with E-state index in [0.717, 1.165) is 13.0 Å². The molecule has 0 spiro atoms. The second-order valence-electron chi connectivity index (χ2n) is 5.65. The highest BCUT2D eigenvalue weighted by atomic mass is 16.1. The Morgan fingerprint density at radius 2 is 2.29 bits per heavy atom. The van der Waals surface area contributed by atoms with Crippen LogP contribution in [0.25, 0.3) is 0 Å². The molecular formula is C16H26N4O. The number of aromatic nitrogens is 1. The minimum Gasteiger partial charge on any atom is -0.373 e. The average molecular weight is 290 g/mol. The fraction of sp³-hybridized carbons (Fsp3) is 0.625. The standard InChI is InChI=1S/C16H26N4O/c1-13-7-3-4-11-20(13)12-6-10-18-16(21)14-8-5-9-15(17-2)19-14/h5,8-9,13H,3-4,6-7,10-12H2,1-2H3,(H,17,19)(H,18,21). The van der Waals surface area contributed by atoms with Gasteiger partial charge in [0.15, 0.2) is 0 Å². The molecule has 0 radical (unpaired) electrons. The summed E-state index contributed by atoms with van der Waals surface area (Å²) in [6.07, 6.45) is 4.94. The molecule has 0 bridgehead atoms.